The highest BCUT2D eigenvalue weighted by molar-refractivity contribution is 7.90. The van der Waals surface area contributed by atoms with Gasteiger partial charge in [-0.25, -0.2) is 0 Å². The Hall–Kier alpha value is -1.15. The minimum absolute atomic E-state index is 0.375. The predicted octanol–water partition coefficient (Wildman–Crippen LogP) is 0.395. The van der Waals surface area contributed by atoms with Crippen molar-refractivity contribution in [1.82, 2.24) is 9.62 Å². The zero-order valence-electron chi connectivity index (χ0n) is 10.9. The van der Waals surface area contributed by atoms with E-state index in [0.29, 0.717) is 38.5 Å². The number of para-hydroxylation sites is 1. The Labute approximate surface area is 113 Å². The Morgan fingerprint density at radius 2 is 2.00 bits per heavy atom. The van der Waals surface area contributed by atoms with E-state index in [-0.39, 0.29) is 0 Å². The summed E-state index contributed by atoms with van der Waals surface area (Å²) in [6, 6.07) is 7.25. The molecule has 0 aromatic heterocycles. The van der Waals surface area contributed by atoms with E-state index in [1.807, 2.05) is 12.1 Å². The molecule has 106 valence electrons. The normalized spacial score (nSPS) is 17.3. The van der Waals surface area contributed by atoms with Crippen molar-refractivity contribution in [2.75, 3.05) is 38.0 Å². The maximum Gasteiger partial charge on any atom is 0.301 e. The summed E-state index contributed by atoms with van der Waals surface area (Å²) in [5.41, 5.74) is 1.39. The summed E-state index contributed by atoms with van der Waals surface area (Å²) in [4.78, 5) is 0. The second-order valence-corrected chi connectivity index (χ2v) is 6.02. The van der Waals surface area contributed by atoms with Crippen molar-refractivity contribution >= 4 is 15.9 Å². The van der Waals surface area contributed by atoms with E-state index >= 15 is 0 Å². The van der Waals surface area contributed by atoms with Crippen LogP contribution in [0, 0.1) is 0 Å². The Balaban J connectivity index is 2.15. The predicted molar refractivity (Wildman–Crippen MR) is 74.1 cm³/mol. The number of ether oxygens (including phenoxy) is 1. The van der Waals surface area contributed by atoms with Gasteiger partial charge < -0.3 is 10.1 Å². The molecule has 1 saturated heterocycles. The molecule has 1 aliphatic rings. The van der Waals surface area contributed by atoms with Crippen molar-refractivity contribution in [2.24, 2.45) is 0 Å². The van der Waals surface area contributed by atoms with Crippen molar-refractivity contribution in [3.05, 3.63) is 29.8 Å². The van der Waals surface area contributed by atoms with Crippen LogP contribution < -0.4 is 10.0 Å². The molecule has 6 nitrogen and oxygen atoms in total. The summed E-state index contributed by atoms with van der Waals surface area (Å²) >= 11 is 0. The summed E-state index contributed by atoms with van der Waals surface area (Å²) in [5.74, 6) is 0. The number of hydrogen-bond acceptors (Lipinski definition) is 4. The van der Waals surface area contributed by atoms with Gasteiger partial charge in [0.25, 0.3) is 0 Å². The van der Waals surface area contributed by atoms with Crippen molar-refractivity contribution in [1.29, 1.82) is 0 Å². The van der Waals surface area contributed by atoms with E-state index in [1.165, 1.54) is 4.31 Å². The van der Waals surface area contributed by atoms with Crippen LogP contribution in [0.1, 0.15) is 5.56 Å². The standard InChI is InChI=1S/C12H19N3O3S/c1-18-10-11-4-2-3-5-12(11)14-19(16,17)15-8-6-13-7-9-15/h2-5,13-14H,6-10H2,1H3. The second-order valence-electron chi connectivity index (χ2n) is 4.35. The molecule has 0 radical (unpaired) electrons. The second kappa shape index (κ2) is 6.33. The molecule has 1 aliphatic heterocycles. The maximum absolute atomic E-state index is 12.3. The average Bonchev–Trinajstić information content (AvgIpc) is 2.42. The van der Waals surface area contributed by atoms with Crippen molar-refractivity contribution < 1.29 is 13.2 Å². The van der Waals surface area contributed by atoms with Gasteiger partial charge in [-0.3, -0.25) is 4.72 Å². The third-order valence-corrected chi connectivity index (χ3v) is 4.49. The van der Waals surface area contributed by atoms with E-state index in [9.17, 15) is 8.42 Å². The van der Waals surface area contributed by atoms with E-state index in [4.69, 9.17) is 4.74 Å². The summed E-state index contributed by atoms with van der Waals surface area (Å²) in [5, 5.41) is 3.13. The molecule has 0 spiro atoms. The molecule has 1 aromatic rings. The first-order chi connectivity index (χ1) is 9.13. The van der Waals surface area contributed by atoms with Gasteiger partial charge in [-0.05, 0) is 6.07 Å². The Bertz CT molecular complexity index is 513. The van der Waals surface area contributed by atoms with Gasteiger partial charge in [0, 0.05) is 38.9 Å². The highest BCUT2D eigenvalue weighted by Gasteiger charge is 2.24. The van der Waals surface area contributed by atoms with Crippen LogP contribution >= 0.6 is 0 Å². The van der Waals surface area contributed by atoms with Crippen LogP contribution in [0.4, 0.5) is 5.69 Å². The van der Waals surface area contributed by atoms with Gasteiger partial charge in [0.1, 0.15) is 0 Å². The zero-order chi connectivity index (χ0) is 13.7. The molecule has 1 heterocycles. The largest absolute Gasteiger partial charge is 0.380 e. The van der Waals surface area contributed by atoms with Crippen molar-refractivity contribution in [3.8, 4) is 0 Å². The van der Waals surface area contributed by atoms with Crippen molar-refractivity contribution in [3.63, 3.8) is 0 Å². The van der Waals surface area contributed by atoms with Gasteiger partial charge in [-0.2, -0.15) is 12.7 Å². The molecule has 1 fully saturated rings. The number of methoxy groups -OCH3 is 1. The van der Waals surface area contributed by atoms with Crippen LogP contribution in [0.25, 0.3) is 0 Å². The van der Waals surface area contributed by atoms with Crippen molar-refractivity contribution in [2.45, 2.75) is 6.61 Å². The Morgan fingerprint density at radius 3 is 2.68 bits per heavy atom. The molecule has 0 aliphatic carbocycles. The highest BCUT2D eigenvalue weighted by Crippen LogP contribution is 2.18. The smallest absolute Gasteiger partial charge is 0.301 e. The van der Waals surface area contributed by atoms with Crippen LogP contribution in [-0.4, -0.2) is 46.0 Å². The molecular weight excluding hydrogens is 266 g/mol. The molecule has 1 aromatic carbocycles. The summed E-state index contributed by atoms with van der Waals surface area (Å²) in [6.45, 7) is 2.71. The van der Waals surface area contributed by atoms with E-state index in [1.54, 1.807) is 19.2 Å². The number of piperazine rings is 1. The van der Waals surface area contributed by atoms with Gasteiger partial charge in [0.05, 0.1) is 12.3 Å². The average molecular weight is 285 g/mol. The van der Waals surface area contributed by atoms with Gasteiger partial charge in [-0.15, -0.1) is 0 Å². The fourth-order valence-corrected chi connectivity index (χ4v) is 3.26. The Kier molecular flexibility index (Phi) is 4.76. The molecule has 2 rings (SSSR count). The first kappa shape index (κ1) is 14.3. The summed E-state index contributed by atoms with van der Waals surface area (Å²) in [6.07, 6.45) is 0. The summed E-state index contributed by atoms with van der Waals surface area (Å²) < 4.78 is 33.7. The number of nitrogens with zero attached hydrogens (tertiary/aromatic N) is 1. The molecule has 0 saturated carbocycles. The van der Waals surface area contributed by atoms with Crippen LogP contribution in [0.5, 0.6) is 0 Å². The van der Waals surface area contributed by atoms with Crippen LogP contribution in [0.15, 0.2) is 24.3 Å². The number of anilines is 1. The lowest BCUT2D eigenvalue weighted by molar-refractivity contribution is 0.185. The summed E-state index contributed by atoms with van der Waals surface area (Å²) in [7, 11) is -1.90. The van der Waals surface area contributed by atoms with E-state index in [0.717, 1.165) is 5.56 Å². The molecule has 7 heteroatoms. The number of hydrogen-bond donors (Lipinski definition) is 2. The van der Waals surface area contributed by atoms with Gasteiger partial charge in [0.15, 0.2) is 0 Å². The lowest BCUT2D eigenvalue weighted by Gasteiger charge is -2.27. The van der Waals surface area contributed by atoms with E-state index in [2.05, 4.69) is 10.0 Å². The molecule has 2 N–H and O–H groups in total. The van der Waals surface area contributed by atoms with Gasteiger partial charge in [0.2, 0.25) is 0 Å². The number of rotatable bonds is 5. The molecule has 0 atom stereocenters. The maximum atomic E-state index is 12.3. The third-order valence-electron chi connectivity index (χ3n) is 2.97. The molecule has 19 heavy (non-hydrogen) atoms. The zero-order valence-corrected chi connectivity index (χ0v) is 11.7. The molecule has 0 bridgehead atoms. The van der Waals surface area contributed by atoms with Gasteiger partial charge in [-0.1, -0.05) is 18.2 Å². The fraction of sp³-hybridized carbons (Fsp3) is 0.500. The molecule has 0 amide bonds. The SMILES string of the molecule is COCc1ccccc1NS(=O)(=O)N1CCNCC1. The monoisotopic (exact) mass is 285 g/mol. The third kappa shape index (κ3) is 3.66. The minimum Gasteiger partial charge on any atom is -0.380 e. The van der Waals surface area contributed by atoms with E-state index < -0.39 is 10.2 Å². The first-order valence-corrected chi connectivity index (χ1v) is 7.63. The first-order valence-electron chi connectivity index (χ1n) is 6.19. The lowest BCUT2D eigenvalue weighted by Crippen LogP contribution is -2.48. The fourth-order valence-electron chi connectivity index (χ4n) is 1.99. The topological polar surface area (TPSA) is 70.7 Å². The Morgan fingerprint density at radius 1 is 1.32 bits per heavy atom. The van der Waals surface area contributed by atoms with Crippen LogP contribution in [0.3, 0.4) is 0 Å². The van der Waals surface area contributed by atoms with Crippen LogP contribution in [0.2, 0.25) is 0 Å². The number of benzene rings is 1. The number of nitrogens with one attached hydrogen (secondary N) is 2. The quantitative estimate of drug-likeness (QED) is 0.821. The molecule has 0 unspecified atom stereocenters. The van der Waals surface area contributed by atoms with Crippen LogP contribution in [-0.2, 0) is 21.6 Å². The molecular formula is C12H19N3O3S. The minimum atomic E-state index is -3.49. The lowest BCUT2D eigenvalue weighted by atomic mass is 10.2. The van der Waals surface area contributed by atoms with Gasteiger partial charge >= 0.3 is 10.2 Å². The highest BCUT2D eigenvalue weighted by atomic mass is 32.2.